The largest absolute Gasteiger partial charge is 1.00 e. The predicted octanol–water partition coefficient (Wildman–Crippen LogP) is 5.76. The third-order valence-electron chi connectivity index (χ3n) is 8.06. The van der Waals surface area contributed by atoms with Crippen LogP contribution in [0.4, 0.5) is 8.78 Å². The minimum atomic E-state index is -0.854. The number of carbonyl (C=O) groups is 4. The van der Waals surface area contributed by atoms with E-state index in [1.807, 2.05) is 38.1 Å². The van der Waals surface area contributed by atoms with Gasteiger partial charge in [-0.3, -0.25) is 14.4 Å². The van der Waals surface area contributed by atoms with Crippen molar-refractivity contribution in [1.29, 1.82) is 0 Å². The summed E-state index contributed by atoms with van der Waals surface area (Å²) in [5.74, 6) is -2.68. The van der Waals surface area contributed by atoms with Gasteiger partial charge in [0.25, 0.3) is 0 Å². The van der Waals surface area contributed by atoms with E-state index in [0.717, 1.165) is 48.3 Å². The summed E-state index contributed by atoms with van der Waals surface area (Å²) < 4.78 is 44.2. The van der Waals surface area contributed by atoms with Crippen LogP contribution < -0.4 is 29.6 Å². The topological polar surface area (TPSA) is 105 Å². The molecule has 1 heterocycles. The number of Topliss-reactive ketones (excluding diaryl/α,β-unsaturated/α-hetero) is 1. The number of hydrogen-bond acceptors (Lipinski definition) is 8. The normalized spacial score (nSPS) is 11.7. The molecule has 1 fully saturated rings. The van der Waals surface area contributed by atoms with Crippen LogP contribution in [0.25, 0.3) is 0 Å². The SMILES string of the molecule is C1CCOC1.COC(=O)C(CCc1ccc(F)cc1)C(=O)c1ccc(C)cc1.COC(=O)CCCc1ccc(F)cc1.COC(=O)c1ccc(C)cc1.[H-].[Na+]. The Balaban J connectivity index is 0.000000778. The van der Waals surface area contributed by atoms with Crippen LogP contribution >= 0.6 is 0 Å². The number of carbonyl (C=O) groups excluding carboxylic acids is 4. The molecule has 1 unspecified atom stereocenters. The van der Waals surface area contributed by atoms with Crippen LogP contribution in [-0.4, -0.2) is 58.2 Å². The molecule has 0 amide bonds. The molecular formula is C43H51F2NaO8. The van der Waals surface area contributed by atoms with Gasteiger partial charge in [-0.1, -0.05) is 71.8 Å². The summed E-state index contributed by atoms with van der Waals surface area (Å²) in [6.07, 6.45) is 5.30. The second kappa shape index (κ2) is 27.4. The van der Waals surface area contributed by atoms with Crippen LogP contribution in [0.15, 0.2) is 97.1 Å². The first kappa shape index (κ1) is 47.8. The summed E-state index contributed by atoms with van der Waals surface area (Å²) in [5, 5.41) is 0. The molecule has 1 aliphatic heterocycles. The van der Waals surface area contributed by atoms with Crippen LogP contribution in [0.1, 0.15) is 76.5 Å². The fourth-order valence-electron chi connectivity index (χ4n) is 4.89. The van der Waals surface area contributed by atoms with E-state index in [0.29, 0.717) is 30.4 Å². The van der Waals surface area contributed by atoms with Gasteiger partial charge in [-0.05, 0) is 99.9 Å². The molecular weight excluding hydrogens is 705 g/mol. The van der Waals surface area contributed by atoms with E-state index in [1.165, 1.54) is 58.4 Å². The molecule has 4 aromatic rings. The molecule has 5 rings (SSSR count). The van der Waals surface area contributed by atoms with Crippen molar-refractivity contribution in [3.63, 3.8) is 0 Å². The second-order valence-corrected chi connectivity index (χ2v) is 12.2. The van der Waals surface area contributed by atoms with Crippen molar-refractivity contribution >= 4 is 23.7 Å². The molecule has 8 nitrogen and oxygen atoms in total. The van der Waals surface area contributed by atoms with Crippen molar-refractivity contribution in [2.24, 2.45) is 5.92 Å². The number of aryl methyl sites for hydroxylation is 4. The van der Waals surface area contributed by atoms with E-state index in [-0.39, 0.29) is 60.3 Å². The van der Waals surface area contributed by atoms with Gasteiger partial charge in [0.05, 0.1) is 26.9 Å². The molecule has 1 atom stereocenters. The number of methoxy groups -OCH3 is 3. The maximum Gasteiger partial charge on any atom is 1.00 e. The van der Waals surface area contributed by atoms with Gasteiger partial charge in [-0.25, -0.2) is 13.6 Å². The zero-order valence-electron chi connectivity index (χ0n) is 33.2. The third kappa shape index (κ3) is 19.2. The minimum Gasteiger partial charge on any atom is -1.00 e. The van der Waals surface area contributed by atoms with E-state index in [9.17, 15) is 28.0 Å². The summed E-state index contributed by atoms with van der Waals surface area (Å²) in [6.45, 7) is 5.90. The van der Waals surface area contributed by atoms with E-state index >= 15 is 0 Å². The van der Waals surface area contributed by atoms with Crippen LogP contribution in [0.5, 0.6) is 0 Å². The Bertz CT molecular complexity index is 1670. The molecule has 0 aliphatic carbocycles. The molecule has 0 aromatic heterocycles. The monoisotopic (exact) mass is 756 g/mol. The van der Waals surface area contributed by atoms with Gasteiger partial charge < -0.3 is 20.4 Å². The van der Waals surface area contributed by atoms with Gasteiger partial charge in [0.15, 0.2) is 5.78 Å². The Morgan fingerprint density at radius 3 is 1.52 bits per heavy atom. The quantitative estimate of drug-likeness (QED) is 0.0627. The fraction of sp³-hybridized carbons (Fsp3) is 0.349. The smallest absolute Gasteiger partial charge is 1.00 e. The van der Waals surface area contributed by atoms with Gasteiger partial charge in [0, 0.05) is 25.2 Å². The first-order chi connectivity index (χ1) is 25.5. The van der Waals surface area contributed by atoms with Crippen LogP contribution in [0, 0.1) is 31.4 Å². The fourth-order valence-corrected chi connectivity index (χ4v) is 4.89. The van der Waals surface area contributed by atoms with Crippen molar-refractivity contribution in [3.8, 4) is 0 Å². The Hall–Kier alpha value is -4.22. The summed E-state index contributed by atoms with van der Waals surface area (Å²) >= 11 is 0. The molecule has 1 saturated heterocycles. The molecule has 54 heavy (non-hydrogen) atoms. The molecule has 0 N–H and O–H groups in total. The standard InChI is InChI=1S/C19H19FO3.C11H13FO2.C9H10O2.C4H8O.Na.H/c1-13-3-8-15(9-4-13)18(21)17(19(22)23-2)12-7-14-5-10-16(20)11-6-14;1-14-11(13)4-2-3-9-5-7-10(12)8-6-9;1-7-3-5-8(6-4-7)9(10)11-2;1-2-4-5-3-1;;/h3-6,8-11,17H,7,12H2,1-2H3;5-8H,2-4H2,1H3;3-6H,1-2H3;1-4H2;;/q;;;;+1;-1. The number of halogens is 2. The van der Waals surface area contributed by atoms with Gasteiger partial charge in [0.1, 0.15) is 17.6 Å². The Kier molecular flexibility index (Phi) is 24.2. The first-order valence-electron chi connectivity index (χ1n) is 17.4. The van der Waals surface area contributed by atoms with Crippen LogP contribution in [0.3, 0.4) is 0 Å². The Morgan fingerprint density at radius 2 is 1.11 bits per heavy atom. The summed E-state index contributed by atoms with van der Waals surface area (Å²) in [7, 11) is 4.03. The molecule has 0 radical (unpaired) electrons. The van der Waals surface area contributed by atoms with E-state index in [4.69, 9.17) is 9.47 Å². The average Bonchev–Trinajstić information content (AvgIpc) is 3.78. The van der Waals surface area contributed by atoms with Crippen LogP contribution in [-0.2, 0) is 41.4 Å². The zero-order chi connectivity index (χ0) is 39.0. The number of hydrogen-bond donors (Lipinski definition) is 0. The molecule has 11 heteroatoms. The van der Waals surface area contributed by atoms with Gasteiger partial charge in [-0.2, -0.15) is 0 Å². The number of benzene rings is 4. The number of ketones is 1. The van der Waals surface area contributed by atoms with Crippen molar-refractivity contribution in [3.05, 3.63) is 142 Å². The van der Waals surface area contributed by atoms with Crippen molar-refractivity contribution < 1.29 is 77.9 Å². The minimum absolute atomic E-state index is 0. The molecule has 0 saturated carbocycles. The van der Waals surface area contributed by atoms with E-state index in [1.54, 1.807) is 48.5 Å². The predicted molar refractivity (Wildman–Crippen MR) is 201 cm³/mol. The Labute approximate surface area is 341 Å². The van der Waals surface area contributed by atoms with Crippen LogP contribution in [0.2, 0.25) is 0 Å². The van der Waals surface area contributed by atoms with E-state index < -0.39 is 11.9 Å². The molecule has 4 aromatic carbocycles. The van der Waals surface area contributed by atoms with Gasteiger partial charge >= 0.3 is 47.5 Å². The third-order valence-corrected chi connectivity index (χ3v) is 8.06. The van der Waals surface area contributed by atoms with E-state index in [2.05, 4.69) is 9.47 Å². The average molecular weight is 757 g/mol. The molecule has 286 valence electrons. The number of ether oxygens (including phenoxy) is 4. The summed E-state index contributed by atoms with van der Waals surface area (Å²) in [4.78, 5) is 46.2. The maximum atomic E-state index is 12.9. The number of rotatable bonds is 11. The molecule has 0 spiro atoms. The molecule has 0 bridgehead atoms. The van der Waals surface area contributed by atoms with Gasteiger partial charge in [-0.15, -0.1) is 0 Å². The summed E-state index contributed by atoms with van der Waals surface area (Å²) in [5.41, 5.74) is 5.18. The molecule has 1 aliphatic rings. The van der Waals surface area contributed by atoms with Crippen molar-refractivity contribution in [2.45, 2.75) is 58.8 Å². The van der Waals surface area contributed by atoms with Crippen molar-refractivity contribution in [2.75, 3.05) is 34.5 Å². The van der Waals surface area contributed by atoms with Gasteiger partial charge in [0.2, 0.25) is 0 Å². The second-order valence-electron chi connectivity index (χ2n) is 12.2. The summed E-state index contributed by atoms with van der Waals surface area (Å²) in [6, 6.07) is 26.7. The maximum absolute atomic E-state index is 12.9. The van der Waals surface area contributed by atoms with Crippen molar-refractivity contribution in [1.82, 2.24) is 0 Å². The first-order valence-corrected chi connectivity index (χ1v) is 17.4. The number of esters is 3. The Morgan fingerprint density at radius 1 is 0.648 bits per heavy atom. The zero-order valence-corrected chi connectivity index (χ0v) is 34.2.